The van der Waals surface area contributed by atoms with E-state index in [9.17, 15) is 9.59 Å². The Bertz CT molecular complexity index is 928. The van der Waals surface area contributed by atoms with Crippen LogP contribution in [0.5, 0.6) is 5.75 Å². The van der Waals surface area contributed by atoms with E-state index >= 15 is 0 Å². The molecule has 3 heterocycles. The van der Waals surface area contributed by atoms with Crippen molar-refractivity contribution >= 4 is 17.5 Å². The molecule has 0 radical (unpaired) electrons. The van der Waals surface area contributed by atoms with E-state index in [1.807, 2.05) is 54.5 Å². The van der Waals surface area contributed by atoms with E-state index in [-0.39, 0.29) is 30.2 Å². The Morgan fingerprint density at radius 2 is 2.00 bits per heavy atom. The lowest BCUT2D eigenvalue weighted by Gasteiger charge is -2.37. The number of carbonyl (C=O) groups excluding carboxylic acids is 2. The predicted molar refractivity (Wildman–Crippen MR) is 124 cm³/mol. The van der Waals surface area contributed by atoms with Gasteiger partial charge in [0.2, 0.25) is 11.8 Å². The fourth-order valence-electron chi connectivity index (χ4n) is 4.72. The molecule has 2 fully saturated rings. The quantitative estimate of drug-likeness (QED) is 0.668. The van der Waals surface area contributed by atoms with E-state index in [0.717, 1.165) is 50.3 Å². The van der Waals surface area contributed by atoms with Gasteiger partial charge < -0.3 is 19.4 Å². The van der Waals surface area contributed by atoms with Crippen LogP contribution in [0.3, 0.4) is 0 Å². The molecule has 2 amide bonds. The minimum Gasteiger partial charge on any atom is -0.497 e. The van der Waals surface area contributed by atoms with Gasteiger partial charge in [0, 0.05) is 75.8 Å². The Morgan fingerprint density at radius 3 is 2.72 bits per heavy atom. The van der Waals surface area contributed by atoms with Gasteiger partial charge in [0.25, 0.3) is 0 Å². The summed E-state index contributed by atoms with van der Waals surface area (Å²) < 4.78 is 5.27. The van der Waals surface area contributed by atoms with Crippen LogP contribution in [-0.2, 0) is 16.0 Å². The number of aromatic nitrogens is 1. The van der Waals surface area contributed by atoms with Crippen LogP contribution in [0.15, 0.2) is 48.7 Å². The smallest absolute Gasteiger partial charge is 0.228 e. The molecule has 7 heteroatoms. The Morgan fingerprint density at radius 1 is 1.19 bits per heavy atom. The average molecular weight is 437 g/mol. The number of pyridine rings is 1. The Labute approximate surface area is 190 Å². The number of anilines is 1. The van der Waals surface area contributed by atoms with Gasteiger partial charge in [-0.1, -0.05) is 12.1 Å². The molecule has 2 saturated heterocycles. The number of hydrogen-bond acceptors (Lipinski definition) is 5. The molecule has 1 aromatic carbocycles. The first-order chi connectivity index (χ1) is 15.5. The summed E-state index contributed by atoms with van der Waals surface area (Å²) in [5, 5.41) is 0. The van der Waals surface area contributed by atoms with Crippen LogP contribution in [0, 0.1) is 5.92 Å². The molecule has 1 atom stereocenters. The number of carbonyl (C=O) groups is 2. The van der Waals surface area contributed by atoms with Gasteiger partial charge in [-0.25, -0.2) is 0 Å². The van der Waals surface area contributed by atoms with Gasteiger partial charge in [-0.05, 0) is 37.1 Å². The van der Waals surface area contributed by atoms with Crippen molar-refractivity contribution in [2.24, 2.45) is 5.92 Å². The van der Waals surface area contributed by atoms with Crippen molar-refractivity contribution in [2.75, 3.05) is 45.2 Å². The third kappa shape index (κ3) is 5.10. The third-order valence-electron chi connectivity index (χ3n) is 6.70. The SMILES string of the molecule is COc1cccc(N2CC(C(=O)N(C)C3CCN(CCc4ccccn4)CC3)CC2=O)c1. The molecule has 32 heavy (non-hydrogen) atoms. The van der Waals surface area contributed by atoms with E-state index in [0.29, 0.717) is 12.3 Å². The largest absolute Gasteiger partial charge is 0.497 e. The molecule has 1 unspecified atom stereocenters. The lowest BCUT2D eigenvalue weighted by atomic mass is 10.00. The second-order valence-electron chi connectivity index (χ2n) is 8.70. The summed E-state index contributed by atoms with van der Waals surface area (Å²) in [6, 6.07) is 13.7. The summed E-state index contributed by atoms with van der Waals surface area (Å²) in [4.78, 5) is 36.3. The van der Waals surface area contributed by atoms with Crippen molar-refractivity contribution in [1.82, 2.24) is 14.8 Å². The standard InChI is InChI=1S/C25H32N4O3/c1-27(21-10-14-28(15-11-21)13-9-20-6-3-4-12-26-20)25(31)19-16-24(30)29(18-19)22-7-5-8-23(17-22)32-2/h3-8,12,17,19,21H,9-11,13-16,18H2,1-2H3. The highest BCUT2D eigenvalue weighted by atomic mass is 16.5. The van der Waals surface area contributed by atoms with Gasteiger partial charge in [-0.2, -0.15) is 0 Å². The van der Waals surface area contributed by atoms with Crippen molar-refractivity contribution < 1.29 is 14.3 Å². The minimum atomic E-state index is -0.291. The Balaban J connectivity index is 1.28. The normalized spacial score (nSPS) is 19.9. The van der Waals surface area contributed by atoms with Crippen LogP contribution in [0.4, 0.5) is 5.69 Å². The summed E-state index contributed by atoms with van der Waals surface area (Å²) in [6.45, 7) is 3.38. The zero-order chi connectivity index (χ0) is 22.5. The molecule has 0 bridgehead atoms. The summed E-state index contributed by atoms with van der Waals surface area (Å²) in [5.41, 5.74) is 1.90. The highest BCUT2D eigenvalue weighted by Crippen LogP contribution is 2.29. The first-order valence-electron chi connectivity index (χ1n) is 11.4. The summed E-state index contributed by atoms with van der Waals surface area (Å²) >= 11 is 0. The first kappa shape index (κ1) is 22.3. The number of likely N-dealkylation sites (tertiary alicyclic amines) is 1. The molecular formula is C25H32N4O3. The molecule has 0 saturated carbocycles. The van der Waals surface area contributed by atoms with Gasteiger partial charge in [0.05, 0.1) is 13.0 Å². The van der Waals surface area contributed by atoms with Crippen LogP contribution in [0.25, 0.3) is 0 Å². The molecule has 170 valence electrons. The van der Waals surface area contributed by atoms with Crippen LogP contribution >= 0.6 is 0 Å². The number of amides is 2. The predicted octanol–water partition coefficient (Wildman–Crippen LogP) is 2.61. The summed E-state index contributed by atoms with van der Waals surface area (Å²) in [5.74, 6) is 0.489. The fraction of sp³-hybridized carbons (Fsp3) is 0.480. The van der Waals surface area contributed by atoms with Gasteiger partial charge in [-0.15, -0.1) is 0 Å². The third-order valence-corrected chi connectivity index (χ3v) is 6.70. The Kier molecular flexibility index (Phi) is 7.05. The number of hydrogen-bond donors (Lipinski definition) is 0. The number of nitrogens with zero attached hydrogens (tertiary/aromatic N) is 4. The monoisotopic (exact) mass is 436 g/mol. The van der Waals surface area contributed by atoms with Gasteiger partial charge in [-0.3, -0.25) is 14.6 Å². The van der Waals surface area contributed by atoms with Crippen molar-refractivity contribution in [3.63, 3.8) is 0 Å². The molecule has 2 aliphatic heterocycles. The molecule has 2 aromatic rings. The van der Waals surface area contributed by atoms with Crippen molar-refractivity contribution in [1.29, 1.82) is 0 Å². The van der Waals surface area contributed by atoms with Crippen LogP contribution in [-0.4, -0.2) is 73.0 Å². The van der Waals surface area contributed by atoms with Gasteiger partial charge >= 0.3 is 0 Å². The minimum absolute atomic E-state index is 0.00524. The molecule has 4 rings (SSSR count). The molecule has 0 spiro atoms. The summed E-state index contributed by atoms with van der Waals surface area (Å²) in [7, 11) is 3.51. The van der Waals surface area contributed by atoms with Gasteiger partial charge in [0.15, 0.2) is 0 Å². The zero-order valence-electron chi connectivity index (χ0n) is 18.9. The average Bonchev–Trinajstić information content (AvgIpc) is 3.24. The highest BCUT2D eigenvalue weighted by molar-refractivity contribution is 6.00. The second-order valence-corrected chi connectivity index (χ2v) is 8.70. The maximum atomic E-state index is 13.2. The van der Waals surface area contributed by atoms with Crippen LogP contribution in [0.1, 0.15) is 25.0 Å². The van der Waals surface area contributed by atoms with Crippen molar-refractivity contribution in [3.05, 3.63) is 54.4 Å². The Hall–Kier alpha value is -2.93. The molecule has 0 N–H and O–H groups in total. The molecule has 0 aliphatic carbocycles. The van der Waals surface area contributed by atoms with Crippen LogP contribution < -0.4 is 9.64 Å². The second kappa shape index (κ2) is 10.1. The van der Waals surface area contributed by atoms with Crippen molar-refractivity contribution in [2.45, 2.75) is 31.7 Å². The number of rotatable bonds is 7. The maximum Gasteiger partial charge on any atom is 0.228 e. The fourth-order valence-corrected chi connectivity index (χ4v) is 4.72. The molecular weight excluding hydrogens is 404 g/mol. The molecule has 1 aromatic heterocycles. The van der Waals surface area contributed by atoms with E-state index in [1.165, 1.54) is 0 Å². The maximum absolute atomic E-state index is 13.2. The lowest BCUT2D eigenvalue weighted by molar-refractivity contribution is -0.137. The summed E-state index contributed by atoms with van der Waals surface area (Å²) in [6.07, 6.45) is 4.98. The van der Waals surface area contributed by atoms with Crippen LogP contribution in [0.2, 0.25) is 0 Å². The number of ether oxygens (including phenoxy) is 1. The lowest BCUT2D eigenvalue weighted by Crippen LogP contribution is -2.48. The number of benzene rings is 1. The van der Waals surface area contributed by atoms with E-state index in [2.05, 4.69) is 16.0 Å². The molecule has 7 nitrogen and oxygen atoms in total. The van der Waals surface area contributed by atoms with Gasteiger partial charge in [0.1, 0.15) is 5.75 Å². The van der Waals surface area contributed by atoms with Crippen molar-refractivity contribution in [3.8, 4) is 5.75 Å². The molecule has 2 aliphatic rings. The first-order valence-corrected chi connectivity index (χ1v) is 11.4. The zero-order valence-corrected chi connectivity index (χ0v) is 18.9. The van der Waals surface area contributed by atoms with E-state index < -0.39 is 0 Å². The van der Waals surface area contributed by atoms with E-state index in [1.54, 1.807) is 12.0 Å². The number of methoxy groups -OCH3 is 1. The topological polar surface area (TPSA) is 66.0 Å². The van der Waals surface area contributed by atoms with E-state index in [4.69, 9.17) is 4.74 Å². The highest BCUT2D eigenvalue weighted by Gasteiger charge is 2.38. The number of piperidine rings is 1.